The zero-order chi connectivity index (χ0) is 16.6. The first kappa shape index (κ1) is 15.5. The lowest BCUT2D eigenvalue weighted by Crippen LogP contribution is -2.47. The third-order valence-electron chi connectivity index (χ3n) is 4.72. The Morgan fingerprint density at radius 1 is 1.22 bits per heavy atom. The minimum Gasteiger partial charge on any atom is -0.480 e. The van der Waals surface area contributed by atoms with Crippen LogP contribution in [0.2, 0.25) is 0 Å². The lowest BCUT2D eigenvalue weighted by molar-refractivity contribution is -0.152. The van der Waals surface area contributed by atoms with Gasteiger partial charge >= 0.3 is 17.8 Å². The monoisotopic (exact) mass is 320 g/mol. The van der Waals surface area contributed by atoms with Crippen molar-refractivity contribution in [1.82, 2.24) is 4.90 Å². The van der Waals surface area contributed by atoms with E-state index < -0.39 is 29.6 Å². The van der Waals surface area contributed by atoms with Crippen LogP contribution in [-0.4, -0.2) is 40.4 Å². The summed E-state index contributed by atoms with van der Waals surface area (Å²) in [4.78, 5) is 37.0. The molecule has 0 spiro atoms. The molecular weight excluding hydrogens is 303 g/mol. The molecule has 1 aliphatic heterocycles. The molecule has 2 aliphatic rings. The average Bonchev–Trinajstić information content (AvgIpc) is 3.08. The Morgan fingerprint density at radius 2 is 1.96 bits per heavy atom. The molecule has 2 fully saturated rings. The molecule has 1 saturated heterocycles. The molecule has 0 radical (unpaired) electrons. The van der Waals surface area contributed by atoms with Crippen molar-refractivity contribution in [3.63, 3.8) is 0 Å². The average molecular weight is 320 g/mol. The summed E-state index contributed by atoms with van der Waals surface area (Å²) in [6, 6.07) is 4.54. The van der Waals surface area contributed by atoms with E-state index in [0.29, 0.717) is 0 Å². The Morgan fingerprint density at radius 3 is 2.65 bits per heavy atom. The molecule has 3 rings (SSSR count). The molecule has 1 heterocycles. The maximum absolute atomic E-state index is 13.5. The lowest BCUT2D eigenvalue weighted by atomic mass is 9.94. The number of carboxylic acids is 1. The fourth-order valence-corrected chi connectivity index (χ4v) is 3.70. The Balaban J connectivity index is 1.75. The molecule has 0 unspecified atom stereocenters. The number of carboxylic acid groups (broad SMARTS) is 1. The van der Waals surface area contributed by atoms with Gasteiger partial charge in [0.25, 0.3) is 0 Å². The van der Waals surface area contributed by atoms with Crippen LogP contribution in [0.25, 0.3) is 0 Å². The van der Waals surface area contributed by atoms with E-state index in [2.05, 4.69) is 5.32 Å². The van der Waals surface area contributed by atoms with E-state index in [1.54, 1.807) is 0 Å². The summed E-state index contributed by atoms with van der Waals surface area (Å²) in [7, 11) is 0. The number of amides is 2. The molecule has 1 aromatic carbocycles. The number of hydrogen-bond donors (Lipinski definition) is 2. The summed E-state index contributed by atoms with van der Waals surface area (Å²) < 4.78 is 13.5. The third kappa shape index (κ3) is 2.78. The van der Waals surface area contributed by atoms with E-state index in [1.807, 2.05) is 0 Å². The van der Waals surface area contributed by atoms with Gasteiger partial charge in [-0.3, -0.25) is 9.59 Å². The predicted molar refractivity (Wildman–Crippen MR) is 79.0 cm³/mol. The first-order valence-electron chi connectivity index (χ1n) is 7.58. The highest BCUT2D eigenvalue weighted by Crippen LogP contribution is 2.42. The number of anilines is 1. The predicted octanol–water partition coefficient (Wildman–Crippen LogP) is 1.48. The molecule has 23 heavy (non-hydrogen) atoms. The van der Waals surface area contributed by atoms with Crippen LogP contribution in [0.4, 0.5) is 10.1 Å². The Hall–Kier alpha value is -2.44. The van der Waals surface area contributed by atoms with Crippen molar-refractivity contribution in [2.75, 3.05) is 11.9 Å². The number of para-hydroxylation sites is 1. The van der Waals surface area contributed by atoms with E-state index in [-0.39, 0.29) is 24.1 Å². The van der Waals surface area contributed by atoms with Crippen molar-refractivity contribution in [1.29, 1.82) is 0 Å². The smallest absolute Gasteiger partial charge is 0.326 e. The first-order chi connectivity index (χ1) is 11.0. The zero-order valence-corrected chi connectivity index (χ0v) is 12.4. The number of rotatable bonds is 2. The van der Waals surface area contributed by atoms with Gasteiger partial charge in [0.2, 0.25) is 0 Å². The van der Waals surface area contributed by atoms with Crippen LogP contribution in [-0.2, 0) is 14.4 Å². The highest BCUT2D eigenvalue weighted by Gasteiger charge is 2.50. The van der Waals surface area contributed by atoms with E-state index in [9.17, 15) is 23.9 Å². The van der Waals surface area contributed by atoms with Gasteiger partial charge in [-0.1, -0.05) is 18.6 Å². The van der Waals surface area contributed by atoms with Gasteiger partial charge in [0, 0.05) is 6.54 Å². The number of likely N-dealkylation sites (tertiary alicyclic amines) is 1. The van der Waals surface area contributed by atoms with Gasteiger partial charge < -0.3 is 15.3 Å². The molecule has 0 aromatic heterocycles. The number of fused-ring (bicyclic) bond motifs is 1. The van der Waals surface area contributed by atoms with Crippen LogP contribution in [0.3, 0.4) is 0 Å². The van der Waals surface area contributed by atoms with Crippen molar-refractivity contribution in [3.05, 3.63) is 30.1 Å². The van der Waals surface area contributed by atoms with Crippen LogP contribution in [0.5, 0.6) is 0 Å². The van der Waals surface area contributed by atoms with Crippen molar-refractivity contribution in [2.24, 2.45) is 11.8 Å². The number of nitrogens with one attached hydrogen (secondary N) is 1. The van der Waals surface area contributed by atoms with Crippen molar-refractivity contribution >= 4 is 23.5 Å². The number of carbonyl (C=O) groups excluding carboxylic acids is 2. The van der Waals surface area contributed by atoms with Crippen LogP contribution in [0.1, 0.15) is 19.3 Å². The van der Waals surface area contributed by atoms with Crippen molar-refractivity contribution < 1.29 is 23.9 Å². The molecule has 1 aromatic rings. The second-order valence-corrected chi connectivity index (χ2v) is 6.03. The number of halogens is 1. The van der Waals surface area contributed by atoms with Gasteiger partial charge in [-0.25, -0.2) is 9.18 Å². The van der Waals surface area contributed by atoms with Crippen LogP contribution < -0.4 is 5.32 Å². The summed E-state index contributed by atoms with van der Waals surface area (Å²) in [5.74, 6) is -3.65. The van der Waals surface area contributed by atoms with Gasteiger partial charge in [-0.15, -0.1) is 0 Å². The molecule has 2 N–H and O–H groups in total. The minimum absolute atomic E-state index is 0.0993. The standard InChI is InChI=1S/C16H17FN2O4/c17-11-6-1-2-7-12(11)18-14(20)15(21)19-8-9-4-3-5-10(9)13(19)16(22)23/h1-2,6-7,9-10,13H,3-5,8H2,(H,18,20)(H,22,23)/t9-,10-,13-/m0/s1. The number of hydrogen-bond acceptors (Lipinski definition) is 3. The Labute approximate surface area is 132 Å². The summed E-state index contributed by atoms with van der Waals surface area (Å²) >= 11 is 0. The van der Waals surface area contributed by atoms with Crippen LogP contribution in [0.15, 0.2) is 24.3 Å². The molecule has 1 aliphatic carbocycles. The summed E-state index contributed by atoms with van der Waals surface area (Å²) in [5, 5.41) is 11.6. The Bertz CT molecular complexity index is 663. The molecule has 7 heteroatoms. The first-order valence-corrected chi connectivity index (χ1v) is 7.58. The topological polar surface area (TPSA) is 86.7 Å². The highest BCUT2D eigenvalue weighted by molar-refractivity contribution is 6.40. The van der Waals surface area contributed by atoms with Crippen molar-refractivity contribution in [2.45, 2.75) is 25.3 Å². The molecule has 6 nitrogen and oxygen atoms in total. The number of nitrogens with zero attached hydrogens (tertiary/aromatic N) is 1. The van der Waals surface area contributed by atoms with Gasteiger partial charge in [0.1, 0.15) is 11.9 Å². The second-order valence-electron chi connectivity index (χ2n) is 6.03. The summed E-state index contributed by atoms with van der Waals surface area (Å²) in [6.07, 6.45) is 2.57. The second kappa shape index (κ2) is 5.98. The maximum atomic E-state index is 13.5. The zero-order valence-electron chi connectivity index (χ0n) is 12.4. The van der Waals surface area contributed by atoms with E-state index in [4.69, 9.17) is 0 Å². The van der Waals surface area contributed by atoms with Gasteiger partial charge in [-0.05, 0) is 36.8 Å². The van der Waals surface area contributed by atoms with Crippen molar-refractivity contribution in [3.8, 4) is 0 Å². The van der Waals surface area contributed by atoms with E-state index in [0.717, 1.165) is 24.2 Å². The molecule has 122 valence electrons. The molecule has 2 amide bonds. The number of benzene rings is 1. The van der Waals surface area contributed by atoms with Crippen LogP contribution >= 0.6 is 0 Å². The SMILES string of the molecule is O=C(Nc1ccccc1F)C(=O)N1C[C@@H]2CCC[C@@H]2[C@H]1C(=O)O. The molecule has 3 atom stereocenters. The molecule has 0 bridgehead atoms. The minimum atomic E-state index is -1.09. The number of aliphatic carboxylic acids is 1. The lowest BCUT2D eigenvalue weighted by Gasteiger charge is -2.23. The van der Waals surface area contributed by atoms with Gasteiger partial charge in [0.05, 0.1) is 5.69 Å². The largest absolute Gasteiger partial charge is 0.480 e. The quantitative estimate of drug-likeness (QED) is 0.808. The summed E-state index contributed by atoms with van der Waals surface area (Å²) in [6.45, 7) is 0.269. The highest BCUT2D eigenvalue weighted by atomic mass is 19.1. The molecule has 1 saturated carbocycles. The van der Waals surface area contributed by atoms with Gasteiger partial charge in [0.15, 0.2) is 0 Å². The van der Waals surface area contributed by atoms with E-state index >= 15 is 0 Å². The third-order valence-corrected chi connectivity index (χ3v) is 4.72. The maximum Gasteiger partial charge on any atom is 0.326 e. The Kier molecular flexibility index (Phi) is 4.02. The van der Waals surface area contributed by atoms with E-state index in [1.165, 1.54) is 24.3 Å². The van der Waals surface area contributed by atoms with Crippen LogP contribution in [0, 0.1) is 17.7 Å². The number of carbonyl (C=O) groups is 3. The summed E-state index contributed by atoms with van der Waals surface area (Å²) in [5.41, 5.74) is -0.0999. The van der Waals surface area contributed by atoms with Gasteiger partial charge in [-0.2, -0.15) is 0 Å². The fourth-order valence-electron chi connectivity index (χ4n) is 3.70. The fraction of sp³-hybridized carbons (Fsp3) is 0.438. The normalized spacial score (nSPS) is 26.0. The molecular formula is C16H17FN2O4.